The number of halogens is 5. The zero-order valence-corrected chi connectivity index (χ0v) is 24.4. The Balaban J connectivity index is 0.000000707. The Morgan fingerprint density at radius 2 is 1.71 bits per heavy atom. The molecule has 3 aromatic rings. The van der Waals surface area contributed by atoms with Gasteiger partial charge in [0.05, 0.1) is 26.1 Å². The standard InChI is InChI=1S/C24H27ClFN5O7.C2HF3O2/c1-3-35-22(33)18(23(34)36-4-2)37-11-14-17(32)15(26)21(38-14)31-12-28-16-19(29-24(25)30-20(16)31)27-10-13-8-6-5-7-9-13;3-2(4,5)1(6)7/h5-9,12,14-15,17-18,21,32H,3-4,10-11H2,1-2H3,(H,27,29,30);(H,6,7)/t14-,15+,17-,21-;/m1./s1. The highest BCUT2D eigenvalue weighted by molar-refractivity contribution is 6.28. The number of imidazole rings is 1. The Kier molecular flexibility index (Phi) is 12.4. The lowest BCUT2D eigenvalue weighted by Crippen LogP contribution is -2.40. The van der Waals surface area contributed by atoms with Crippen LogP contribution in [0.15, 0.2) is 36.7 Å². The third kappa shape index (κ3) is 9.19. The molecular weight excluding hydrogens is 638 g/mol. The molecule has 0 aliphatic carbocycles. The summed E-state index contributed by atoms with van der Waals surface area (Å²) in [6.07, 6.45) is -11.6. The number of aliphatic hydroxyl groups is 1. The van der Waals surface area contributed by atoms with Crippen LogP contribution < -0.4 is 5.32 Å². The number of nitrogens with zero attached hydrogens (tertiary/aromatic N) is 4. The van der Waals surface area contributed by atoms with E-state index in [1.807, 2.05) is 30.3 Å². The molecule has 3 heterocycles. The molecular formula is C26H28ClF4N5O9. The van der Waals surface area contributed by atoms with Gasteiger partial charge in [-0.05, 0) is 31.0 Å². The number of aliphatic carboxylic acids is 1. The summed E-state index contributed by atoms with van der Waals surface area (Å²) in [5, 5.41) is 20.7. The van der Waals surface area contributed by atoms with Gasteiger partial charge in [0.1, 0.15) is 12.2 Å². The third-order valence-corrected chi connectivity index (χ3v) is 6.10. The SMILES string of the molecule is CCOC(=O)C(OC[C@H]1O[C@@H](n2cnc3c(NCc4ccccc4)nc(Cl)nc32)[C@@H](F)[C@@H]1O)C(=O)OCC.O=C(O)C(F)(F)F. The summed E-state index contributed by atoms with van der Waals surface area (Å²) in [4.78, 5) is 45.9. The van der Waals surface area contributed by atoms with Gasteiger partial charge in [-0.25, -0.2) is 23.8 Å². The number of anilines is 1. The second-order valence-corrected chi connectivity index (χ2v) is 9.36. The lowest BCUT2D eigenvalue weighted by Gasteiger charge is -2.19. The van der Waals surface area contributed by atoms with Gasteiger partial charge in [0.15, 0.2) is 29.4 Å². The molecule has 246 valence electrons. The molecule has 1 saturated heterocycles. The average molecular weight is 666 g/mol. The maximum atomic E-state index is 15.2. The van der Waals surface area contributed by atoms with E-state index in [2.05, 4.69) is 20.3 Å². The molecule has 0 saturated carbocycles. The van der Waals surface area contributed by atoms with Gasteiger partial charge < -0.3 is 34.5 Å². The molecule has 1 aromatic carbocycles. The van der Waals surface area contributed by atoms with Crippen LogP contribution in [0.3, 0.4) is 0 Å². The minimum absolute atomic E-state index is 0.00952. The van der Waals surface area contributed by atoms with Crippen molar-refractivity contribution < 1.29 is 61.1 Å². The van der Waals surface area contributed by atoms with Crippen LogP contribution in [0.2, 0.25) is 5.28 Å². The lowest BCUT2D eigenvalue weighted by atomic mass is 10.1. The number of benzene rings is 1. The monoisotopic (exact) mass is 665 g/mol. The normalized spacial score (nSPS) is 19.6. The fourth-order valence-electron chi connectivity index (χ4n) is 3.91. The summed E-state index contributed by atoms with van der Waals surface area (Å²) in [5.74, 6) is -4.35. The van der Waals surface area contributed by atoms with E-state index in [0.29, 0.717) is 17.9 Å². The first kappa shape index (κ1) is 35.4. The molecule has 0 bridgehead atoms. The van der Waals surface area contributed by atoms with Crippen LogP contribution in [0.5, 0.6) is 0 Å². The highest BCUT2D eigenvalue weighted by atomic mass is 35.5. The fourth-order valence-corrected chi connectivity index (χ4v) is 4.07. The smallest absolute Gasteiger partial charge is 0.475 e. The summed E-state index contributed by atoms with van der Waals surface area (Å²) in [5.41, 5.74) is 1.49. The number of hydrogen-bond donors (Lipinski definition) is 3. The van der Waals surface area contributed by atoms with Crippen LogP contribution in [0, 0.1) is 0 Å². The Morgan fingerprint density at radius 1 is 1.11 bits per heavy atom. The van der Waals surface area contributed by atoms with Crippen LogP contribution in [0.1, 0.15) is 25.6 Å². The first-order valence-electron chi connectivity index (χ1n) is 13.2. The van der Waals surface area contributed by atoms with E-state index in [9.17, 15) is 27.9 Å². The fraction of sp³-hybridized carbons (Fsp3) is 0.462. The van der Waals surface area contributed by atoms with Crippen molar-refractivity contribution in [1.29, 1.82) is 0 Å². The van der Waals surface area contributed by atoms with Crippen LogP contribution in [0.4, 0.5) is 23.4 Å². The molecule has 0 spiro atoms. The average Bonchev–Trinajstić information content (AvgIpc) is 3.52. The van der Waals surface area contributed by atoms with Gasteiger partial charge in [0.25, 0.3) is 6.10 Å². The van der Waals surface area contributed by atoms with E-state index in [4.69, 9.17) is 40.4 Å². The summed E-state index contributed by atoms with van der Waals surface area (Å²) in [6.45, 7) is 3.09. The highest BCUT2D eigenvalue weighted by Crippen LogP contribution is 2.35. The lowest BCUT2D eigenvalue weighted by molar-refractivity contribution is -0.192. The van der Waals surface area contributed by atoms with Crippen LogP contribution in [-0.2, 0) is 39.9 Å². The number of nitrogens with one attached hydrogen (secondary N) is 1. The largest absolute Gasteiger partial charge is 0.490 e. The van der Waals surface area contributed by atoms with E-state index >= 15 is 4.39 Å². The molecule has 3 N–H and O–H groups in total. The molecule has 0 unspecified atom stereocenters. The maximum Gasteiger partial charge on any atom is 0.490 e. The Morgan fingerprint density at radius 3 is 2.27 bits per heavy atom. The second-order valence-electron chi connectivity index (χ2n) is 9.02. The van der Waals surface area contributed by atoms with E-state index in [0.717, 1.165) is 5.56 Å². The molecule has 45 heavy (non-hydrogen) atoms. The molecule has 2 aromatic heterocycles. The van der Waals surface area contributed by atoms with Crippen molar-refractivity contribution in [2.45, 2.75) is 57.3 Å². The van der Waals surface area contributed by atoms with Gasteiger partial charge in [-0.3, -0.25) is 4.57 Å². The number of carbonyl (C=O) groups excluding carboxylic acids is 2. The number of esters is 2. The van der Waals surface area contributed by atoms with Gasteiger partial charge in [-0.15, -0.1) is 0 Å². The molecule has 4 rings (SSSR count). The number of aliphatic hydroxyl groups excluding tert-OH is 1. The molecule has 4 atom stereocenters. The predicted octanol–water partition coefficient (Wildman–Crippen LogP) is 2.83. The number of carboxylic acid groups (broad SMARTS) is 1. The van der Waals surface area contributed by atoms with E-state index in [1.54, 1.807) is 13.8 Å². The van der Waals surface area contributed by atoms with E-state index in [1.165, 1.54) is 10.9 Å². The topological polar surface area (TPSA) is 184 Å². The molecule has 19 heteroatoms. The van der Waals surface area contributed by atoms with Gasteiger partial charge in [-0.1, -0.05) is 30.3 Å². The first-order valence-corrected chi connectivity index (χ1v) is 13.6. The number of aromatic nitrogens is 4. The minimum Gasteiger partial charge on any atom is -0.475 e. The zero-order chi connectivity index (χ0) is 33.3. The van der Waals surface area contributed by atoms with Crippen molar-refractivity contribution in [3.63, 3.8) is 0 Å². The number of alkyl halides is 4. The van der Waals surface area contributed by atoms with Crippen LogP contribution in [-0.4, -0.2) is 98.1 Å². The van der Waals surface area contributed by atoms with E-state index < -0.39 is 61.4 Å². The second kappa shape index (κ2) is 15.7. The summed E-state index contributed by atoms with van der Waals surface area (Å²) >= 11 is 6.14. The molecule has 14 nitrogen and oxygen atoms in total. The number of carbonyl (C=O) groups is 3. The maximum absolute atomic E-state index is 15.2. The molecule has 1 aliphatic rings. The molecule has 0 amide bonds. The minimum atomic E-state index is -5.08. The quantitative estimate of drug-likeness (QED) is 0.118. The number of hydrogen-bond acceptors (Lipinski definition) is 12. The Labute approximate surface area is 257 Å². The van der Waals surface area contributed by atoms with Gasteiger partial charge >= 0.3 is 24.1 Å². The first-order chi connectivity index (χ1) is 21.3. The highest BCUT2D eigenvalue weighted by Gasteiger charge is 2.47. The third-order valence-electron chi connectivity index (χ3n) is 5.94. The van der Waals surface area contributed by atoms with E-state index in [-0.39, 0.29) is 24.1 Å². The summed E-state index contributed by atoms with van der Waals surface area (Å²) < 4.78 is 69.0. The molecule has 0 radical (unpaired) electrons. The van der Waals surface area contributed by atoms with Gasteiger partial charge in [-0.2, -0.15) is 23.1 Å². The van der Waals surface area contributed by atoms with Crippen molar-refractivity contribution >= 4 is 46.5 Å². The van der Waals surface area contributed by atoms with Crippen molar-refractivity contribution in [3.8, 4) is 0 Å². The summed E-state index contributed by atoms with van der Waals surface area (Å²) in [7, 11) is 0. The van der Waals surface area contributed by atoms with Crippen molar-refractivity contribution in [2.24, 2.45) is 0 Å². The zero-order valence-electron chi connectivity index (χ0n) is 23.6. The Bertz CT molecular complexity index is 1450. The van der Waals surface area contributed by atoms with Crippen molar-refractivity contribution in [1.82, 2.24) is 19.5 Å². The Hall–Kier alpha value is -4.13. The van der Waals surface area contributed by atoms with Crippen LogP contribution >= 0.6 is 11.6 Å². The number of fused-ring (bicyclic) bond motifs is 1. The molecule has 1 fully saturated rings. The van der Waals surface area contributed by atoms with Crippen LogP contribution in [0.25, 0.3) is 11.2 Å². The van der Waals surface area contributed by atoms with Gasteiger partial charge in [0, 0.05) is 6.54 Å². The van der Waals surface area contributed by atoms with Gasteiger partial charge in [0.2, 0.25) is 5.28 Å². The predicted molar refractivity (Wildman–Crippen MR) is 146 cm³/mol. The number of carboxylic acids is 1. The number of ether oxygens (including phenoxy) is 4. The van der Waals surface area contributed by atoms with Crippen molar-refractivity contribution in [3.05, 3.63) is 47.5 Å². The molecule has 1 aliphatic heterocycles. The summed E-state index contributed by atoms with van der Waals surface area (Å²) in [6, 6.07) is 9.58. The van der Waals surface area contributed by atoms with Crippen molar-refractivity contribution in [2.75, 3.05) is 25.1 Å². The number of rotatable bonds is 11.